The third kappa shape index (κ3) is 3.39. The van der Waals surface area contributed by atoms with Crippen LogP contribution in [0.2, 0.25) is 0 Å². The number of H-pyrrole nitrogens is 1. The summed E-state index contributed by atoms with van der Waals surface area (Å²) in [5, 5.41) is 3.30. The molecular weight excluding hydrogens is 368 g/mol. The molecule has 3 heterocycles. The number of rotatable bonds is 5. The van der Waals surface area contributed by atoms with Crippen molar-refractivity contribution >= 4 is 29.1 Å². The molecule has 6 nitrogen and oxygen atoms in total. The highest BCUT2D eigenvalue weighted by atomic mass is 32.2. The number of benzene rings is 1. The van der Waals surface area contributed by atoms with Gasteiger partial charge >= 0.3 is 0 Å². The van der Waals surface area contributed by atoms with Crippen molar-refractivity contribution in [2.45, 2.75) is 43.8 Å². The number of fused-ring (bicyclic) bond motifs is 2. The molecule has 0 bridgehead atoms. The summed E-state index contributed by atoms with van der Waals surface area (Å²) in [4.78, 5) is 23.6. The van der Waals surface area contributed by atoms with Gasteiger partial charge in [-0.3, -0.25) is 4.99 Å². The molecule has 0 amide bonds. The van der Waals surface area contributed by atoms with Crippen molar-refractivity contribution in [1.82, 2.24) is 24.8 Å². The third-order valence-electron chi connectivity index (χ3n) is 5.77. The zero-order valence-electron chi connectivity index (χ0n) is 16.0. The number of aromatic amines is 1. The lowest BCUT2D eigenvalue weighted by molar-refractivity contribution is 0.275. The van der Waals surface area contributed by atoms with Crippen LogP contribution in [0.3, 0.4) is 0 Å². The first-order chi connectivity index (χ1) is 13.8. The number of thioether (sulfide) groups is 1. The normalized spacial score (nSPS) is 19.5. The summed E-state index contributed by atoms with van der Waals surface area (Å²) in [5.74, 6) is 1.63. The molecule has 1 atom stereocenters. The Labute approximate surface area is 168 Å². The number of nitrogens with one attached hydrogen (secondary N) is 1. The summed E-state index contributed by atoms with van der Waals surface area (Å²) in [5.41, 5.74) is 2.91. The second-order valence-electron chi connectivity index (χ2n) is 7.68. The molecule has 5 rings (SSSR count). The van der Waals surface area contributed by atoms with Gasteiger partial charge in [-0.05, 0) is 37.3 Å². The monoisotopic (exact) mass is 392 g/mol. The van der Waals surface area contributed by atoms with Crippen LogP contribution in [-0.2, 0) is 0 Å². The van der Waals surface area contributed by atoms with E-state index in [0.717, 1.165) is 34.1 Å². The van der Waals surface area contributed by atoms with E-state index in [-0.39, 0.29) is 6.17 Å². The predicted octanol–water partition coefficient (Wildman–Crippen LogP) is 2.64. The van der Waals surface area contributed by atoms with E-state index in [0.29, 0.717) is 5.65 Å². The lowest BCUT2D eigenvalue weighted by atomic mass is 10.1. The van der Waals surface area contributed by atoms with Crippen LogP contribution in [0.25, 0.3) is 17.4 Å². The van der Waals surface area contributed by atoms with E-state index >= 15 is 0 Å². The van der Waals surface area contributed by atoms with E-state index in [1.165, 1.54) is 36.5 Å². The molecule has 3 aromatic rings. The van der Waals surface area contributed by atoms with Gasteiger partial charge in [0.1, 0.15) is 23.0 Å². The van der Waals surface area contributed by atoms with Crippen LogP contribution >= 0.6 is 11.8 Å². The first kappa shape index (κ1) is 17.7. The Morgan fingerprint density at radius 1 is 1.18 bits per heavy atom. The molecule has 1 fully saturated rings. The maximum absolute atomic E-state index is 5.12. The van der Waals surface area contributed by atoms with E-state index in [1.807, 2.05) is 0 Å². The van der Waals surface area contributed by atoms with Gasteiger partial charge in [0.15, 0.2) is 5.65 Å². The fraction of sp³-hybridized carbons (Fsp3) is 0.429. The first-order valence-corrected chi connectivity index (χ1v) is 10.9. The highest BCUT2D eigenvalue weighted by molar-refractivity contribution is 7.99. The standard InChI is InChI=1S/C21H24N6S/c1-14-5-4-8-17-16(14)10-27(9-15-6-2-3-7-15)18(26-17)11-28-21-19-20(23-12-22-19)24-13-25-21/h4-5,8,10,12-13,15,18H,2-3,6-7,9,11H2,1H3,(H,22,23,24,25). The molecule has 1 aromatic carbocycles. The Kier molecular flexibility index (Phi) is 4.76. The maximum atomic E-state index is 5.12. The fourth-order valence-corrected chi connectivity index (χ4v) is 5.23. The topological polar surface area (TPSA) is 70.1 Å². The van der Waals surface area contributed by atoms with Crippen molar-refractivity contribution in [3.05, 3.63) is 47.0 Å². The van der Waals surface area contributed by atoms with Crippen molar-refractivity contribution in [1.29, 1.82) is 0 Å². The summed E-state index contributed by atoms with van der Waals surface area (Å²) in [6.07, 6.45) is 11.1. The van der Waals surface area contributed by atoms with Gasteiger partial charge in [-0.2, -0.15) is 0 Å². The maximum Gasteiger partial charge on any atom is 0.181 e. The number of nitrogens with zero attached hydrogens (tertiary/aromatic N) is 5. The van der Waals surface area contributed by atoms with E-state index in [1.54, 1.807) is 24.4 Å². The molecule has 1 unspecified atom stereocenters. The van der Waals surface area contributed by atoms with Crippen molar-refractivity contribution in [3.8, 4) is 0 Å². The summed E-state index contributed by atoms with van der Waals surface area (Å²) in [7, 11) is 0. The Hall–Kier alpha value is -2.41. The van der Waals surface area contributed by atoms with Gasteiger partial charge in [-0.1, -0.05) is 36.7 Å². The number of aryl methyl sites for hydroxylation is 1. The highest BCUT2D eigenvalue weighted by Crippen LogP contribution is 2.28. The predicted molar refractivity (Wildman–Crippen MR) is 111 cm³/mol. The molecule has 0 radical (unpaired) electrons. The van der Waals surface area contributed by atoms with Gasteiger partial charge in [0.2, 0.25) is 0 Å². The molecule has 2 aromatic heterocycles. The van der Waals surface area contributed by atoms with Crippen LogP contribution in [0, 0.1) is 12.8 Å². The second kappa shape index (κ2) is 7.54. The average Bonchev–Trinajstić information content (AvgIpc) is 3.39. The zero-order valence-corrected chi connectivity index (χ0v) is 16.8. The minimum absolute atomic E-state index is 0.118. The summed E-state index contributed by atoms with van der Waals surface area (Å²) >= 11 is 1.72. The zero-order chi connectivity index (χ0) is 18.9. The van der Waals surface area contributed by atoms with Crippen LogP contribution in [0.15, 0.2) is 40.9 Å². The molecule has 28 heavy (non-hydrogen) atoms. The van der Waals surface area contributed by atoms with Crippen LogP contribution in [0.5, 0.6) is 0 Å². The van der Waals surface area contributed by atoms with Crippen molar-refractivity contribution in [2.75, 3.05) is 12.3 Å². The Morgan fingerprint density at radius 3 is 2.96 bits per heavy atom. The van der Waals surface area contributed by atoms with Crippen LogP contribution in [0.4, 0.5) is 0 Å². The van der Waals surface area contributed by atoms with Crippen molar-refractivity contribution in [2.24, 2.45) is 10.9 Å². The van der Waals surface area contributed by atoms with Crippen molar-refractivity contribution in [3.63, 3.8) is 0 Å². The molecular formula is C21H24N6S. The Balaban J connectivity index is 1.43. The van der Waals surface area contributed by atoms with Crippen LogP contribution < -0.4 is 10.6 Å². The van der Waals surface area contributed by atoms with Crippen molar-refractivity contribution < 1.29 is 0 Å². The molecule has 1 aliphatic carbocycles. The largest absolute Gasteiger partial charge is 0.354 e. The van der Waals surface area contributed by atoms with E-state index < -0.39 is 0 Å². The van der Waals surface area contributed by atoms with E-state index in [4.69, 9.17) is 4.99 Å². The van der Waals surface area contributed by atoms with Gasteiger partial charge < -0.3 is 9.88 Å². The first-order valence-electron chi connectivity index (χ1n) is 9.96. The minimum atomic E-state index is 0.118. The SMILES string of the molecule is Cc1cccc2c1=CN(CC1CCCC1)C(CSc1ncnc3nc[nH]c13)N=2. The molecule has 1 N–H and O–H groups in total. The van der Waals surface area contributed by atoms with Gasteiger partial charge in [0, 0.05) is 23.7 Å². The molecule has 1 aliphatic heterocycles. The molecule has 0 spiro atoms. The number of imidazole rings is 1. The van der Waals surface area contributed by atoms with E-state index in [2.05, 4.69) is 56.2 Å². The van der Waals surface area contributed by atoms with Crippen LogP contribution in [0.1, 0.15) is 31.2 Å². The van der Waals surface area contributed by atoms with Gasteiger partial charge in [-0.15, -0.1) is 0 Å². The molecule has 7 heteroatoms. The highest BCUT2D eigenvalue weighted by Gasteiger charge is 2.24. The Bertz CT molecular complexity index is 1100. The number of hydrogen-bond acceptors (Lipinski definition) is 6. The molecule has 2 aliphatic rings. The molecule has 0 saturated heterocycles. The minimum Gasteiger partial charge on any atom is -0.354 e. The average molecular weight is 393 g/mol. The second-order valence-corrected chi connectivity index (χ2v) is 8.69. The van der Waals surface area contributed by atoms with E-state index in [9.17, 15) is 0 Å². The van der Waals surface area contributed by atoms with Crippen LogP contribution in [-0.4, -0.2) is 43.3 Å². The number of aromatic nitrogens is 4. The fourth-order valence-electron chi connectivity index (χ4n) is 4.24. The quantitative estimate of drug-likeness (QED) is 0.534. The number of hydrogen-bond donors (Lipinski definition) is 1. The summed E-state index contributed by atoms with van der Waals surface area (Å²) in [6.45, 7) is 3.26. The van der Waals surface area contributed by atoms with Gasteiger partial charge in [0.05, 0.1) is 11.7 Å². The lowest BCUT2D eigenvalue weighted by Gasteiger charge is -2.32. The third-order valence-corrected chi connectivity index (χ3v) is 6.82. The smallest absolute Gasteiger partial charge is 0.181 e. The lowest BCUT2D eigenvalue weighted by Crippen LogP contribution is -2.45. The molecule has 1 saturated carbocycles. The van der Waals surface area contributed by atoms with Gasteiger partial charge in [-0.25, -0.2) is 15.0 Å². The molecule has 144 valence electrons. The summed E-state index contributed by atoms with van der Waals surface area (Å²) < 4.78 is 0. The Morgan fingerprint density at radius 2 is 2.07 bits per heavy atom. The summed E-state index contributed by atoms with van der Waals surface area (Å²) in [6, 6.07) is 6.39. The van der Waals surface area contributed by atoms with Gasteiger partial charge in [0.25, 0.3) is 0 Å².